The highest BCUT2D eigenvalue weighted by Gasteiger charge is 2.41. The minimum atomic E-state index is -0.250. The zero-order valence-electron chi connectivity index (χ0n) is 12.9. The van der Waals surface area contributed by atoms with Crippen LogP contribution in [0.15, 0.2) is 18.2 Å². The molecular weight excluding hydrogens is 281 g/mol. The maximum atomic E-state index is 13.9. The van der Waals surface area contributed by atoms with Crippen molar-refractivity contribution in [2.75, 3.05) is 13.1 Å². The normalized spacial score (nSPS) is 28.6. The predicted octanol–water partition coefficient (Wildman–Crippen LogP) is 2.40. The average molecular weight is 303 g/mol. The molecule has 1 N–H and O–H groups in total. The highest BCUT2D eigenvalue weighted by molar-refractivity contribution is 5.76. The van der Waals surface area contributed by atoms with Gasteiger partial charge >= 0.3 is 0 Å². The number of aliphatic hydroxyl groups excluding tert-OH is 1. The van der Waals surface area contributed by atoms with E-state index in [2.05, 4.69) is 21.4 Å². The molecule has 1 saturated carbocycles. The third kappa shape index (κ3) is 2.15. The standard InChI is InChI=1S/C17H22FN3O/c1-2-21-14-5-3-4-13(18)17(14)19-16(21)10-20-8-11-6-7-15(22)12(11)9-20/h3-5,11-12,15,22H,2,6-10H2,1H3/t11-,12+,15-/m0/s1. The molecule has 1 saturated heterocycles. The number of benzene rings is 1. The van der Waals surface area contributed by atoms with Gasteiger partial charge in [-0.15, -0.1) is 0 Å². The lowest BCUT2D eigenvalue weighted by atomic mass is 10.00. The molecule has 22 heavy (non-hydrogen) atoms. The Kier molecular flexibility index (Phi) is 3.42. The Morgan fingerprint density at radius 1 is 1.32 bits per heavy atom. The van der Waals surface area contributed by atoms with E-state index in [-0.39, 0.29) is 11.9 Å². The fraction of sp³-hybridized carbons (Fsp3) is 0.588. The molecule has 2 aromatic rings. The van der Waals surface area contributed by atoms with E-state index in [9.17, 15) is 9.50 Å². The molecule has 1 aliphatic carbocycles. The first kappa shape index (κ1) is 14.2. The Morgan fingerprint density at radius 3 is 2.95 bits per heavy atom. The molecule has 0 amide bonds. The maximum Gasteiger partial charge on any atom is 0.151 e. The number of hydrogen-bond donors (Lipinski definition) is 1. The number of para-hydroxylation sites is 1. The van der Waals surface area contributed by atoms with Crippen LogP contribution in [0.3, 0.4) is 0 Å². The second-order valence-electron chi connectivity index (χ2n) is 6.64. The zero-order valence-corrected chi connectivity index (χ0v) is 12.9. The molecule has 1 aliphatic heterocycles. The van der Waals surface area contributed by atoms with Crippen molar-refractivity contribution in [3.05, 3.63) is 29.8 Å². The molecule has 0 radical (unpaired) electrons. The van der Waals surface area contributed by atoms with Crippen LogP contribution in [0.25, 0.3) is 11.0 Å². The van der Waals surface area contributed by atoms with Crippen LogP contribution in [-0.2, 0) is 13.1 Å². The number of likely N-dealkylation sites (tertiary alicyclic amines) is 1. The Balaban J connectivity index is 1.61. The van der Waals surface area contributed by atoms with Crippen LogP contribution in [0.5, 0.6) is 0 Å². The van der Waals surface area contributed by atoms with Gasteiger partial charge in [-0.3, -0.25) is 4.90 Å². The van der Waals surface area contributed by atoms with Gasteiger partial charge in [-0.1, -0.05) is 6.07 Å². The second kappa shape index (κ2) is 5.32. The first-order valence-electron chi connectivity index (χ1n) is 8.21. The summed E-state index contributed by atoms with van der Waals surface area (Å²) in [6.45, 7) is 5.55. The number of nitrogens with zero attached hydrogens (tertiary/aromatic N) is 3. The van der Waals surface area contributed by atoms with Crippen molar-refractivity contribution in [1.82, 2.24) is 14.5 Å². The molecule has 4 rings (SSSR count). The number of halogens is 1. The molecule has 0 spiro atoms. The van der Waals surface area contributed by atoms with Crippen molar-refractivity contribution in [2.24, 2.45) is 11.8 Å². The number of imidazole rings is 1. The summed E-state index contributed by atoms with van der Waals surface area (Å²) in [5.41, 5.74) is 1.34. The molecular formula is C17H22FN3O. The van der Waals surface area contributed by atoms with Crippen molar-refractivity contribution in [2.45, 2.75) is 39.0 Å². The third-order valence-corrected chi connectivity index (χ3v) is 5.38. The van der Waals surface area contributed by atoms with E-state index < -0.39 is 0 Å². The van der Waals surface area contributed by atoms with Crippen molar-refractivity contribution in [3.63, 3.8) is 0 Å². The highest BCUT2D eigenvalue weighted by atomic mass is 19.1. The summed E-state index contributed by atoms with van der Waals surface area (Å²) in [5, 5.41) is 10.0. The molecule has 118 valence electrons. The molecule has 1 aromatic heterocycles. The Morgan fingerprint density at radius 2 is 2.18 bits per heavy atom. The van der Waals surface area contributed by atoms with Crippen LogP contribution < -0.4 is 0 Å². The van der Waals surface area contributed by atoms with E-state index in [0.717, 1.165) is 50.4 Å². The van der Waals surface area contributed by atoms with Gasteiger partial charge in [-0.25, -0.2) is 9.37 Å². The van der Waals surface area contributed by atoms with E-state index >= 15 is 0 Å². The molecule has 2 aliphatic rings. The molecule has 4 nitrogen and oxygen atoms in total. The van der Waals surface area contributed by atoms with Crippen molar-refractivity contribution in [1.29, 1.82) is 0 Å². The predicted molar refractivity (Wildman–Crippen MR) is 82.9 cm³/mol. The number of fused-ring (bicyclic) bond motifs is 2. The van der Waals surface area contributed by atoms with Crippen LogP contribution in [-0.4, -0.2) is 38.8 Å². The summed E-state index contributed by atoms with van der Waals surface area (Å²) in [4.78, 5) is 6.91. The van der Waals surface area contributed by atoms with Crippen molar-refractivity contribution >= 4 is 11.0 Å². The Hall–Kier alpha value is -1.46. The highest BCUT2D eigenvalue weighted by Crippen LogP contribution is 2.38. The largest absolute Gasteiger partial charge is 0.393 e. The van der Waals surface area contributed by atoms with Gasteiger partial charge in [0.2, 0.25) is 0 Å². The lowest BCUT2D eigenvalue weighted by Crippen LogP contribution is -2.25. The van der Waals surface area contributed by atoms with Gasteiger partial charge in [-0.2, -0.15) is 0 Å². The molecule has 0 unspecified atom stereocenters. The van der Waals surface area contributed by atoms with Gasteiger partial charge in [0.05, 0.1) is 18.2 Å². The molecule has 1 aromatic carbocycles. The summed E-state index contributed by atoms with van der Waals surface area (Å²) in [5.74, 6) is 1.71. The van der Waals surface area contributed by atoms with Gasteiger partial charge in [0.1, 0.15) is 11.3 Å². The summed E-state index contributed by atoms with van der Waals surface area (Å²) >= 11 is 0. The van der Waals surface area contributed by atoms with Gasteiger partial charge in [0.15, 0.2) is 5.82 Å². The summed E-state index contributed by atoms with van der Waals surface area (Å²) in [6.07, 6.45) is 1.93. The van der Waals surface area contributed by atoms with Crippen LogP contribution in [0.2, 0.25) is 0 Å². The fourth-order valence-electron chi connectivity index (χ4n) is 4.29. The van der Waals surface area contributed by atoms with Gasteiger partial charge in [-0.05, 0) is 37.8 Å². The summed E-state index contributed by atoms with van der Waals surface area (Å²) in [7, 11) is 0. The molecule has 5 heteroatoms. The van der Waals surface area contributed by atoms with Crippen LogP contribution in [0.4, 0.5) is 4.39 Å². The van der Waals surface area contributed by atoms with Crippen LogP contribution in [0, 0.1) is 17.7 Å². The maximum absolute atomic E-state index is 13.9. The minimum Gasteiger partial charge on any atom is -0.393 e. The molecule has 2 fully saturated rings. The average Bonchev–Trinajstić information content (AvgIpc) is 3.15. The quantitative estimate of drug-likeness (QED) is 0.946. The first-order chi connectivity index (χ1) is 10.7. The number of aromatic nitrogens is 2. The van der Waals surface area contributed by atoms with Crippen molar-refractivity contribution in [3.8, 4) is 0 Å². The molecule has 2 heterocycles. The molecule has 3 atom stereocenters. The van der Waals surface area contributed by atoms with Gasteiger partial charge in [0, 0.05) is 25.6 Å². The summed E-state index contributed by atoms with van der Waals surface area (Å²) in [6, 6.07) is 5.14. The lowest BCUT2D eigenvalue weighted by molar-refractivity contribution is 0.123. The smallest absolute Gasteiger partial charge is 0.151 e. The fourth-order valence-corrected chi connectivity index (χ4v) is 4.29. The first-order valence-corrected chi connectivity index (χ1v) is 8.21. The topological polar surface area (TPSA) is 41.3 Å². The number of aliphatic hydroxyl groups is 1. The van der Waals surface area contributed by atoms with Gasteiger partial charge < -0.3 is 9.67 Å². The Labute approximate surface area is 129 Å². The summed E-state index contributed by atoms with van der Waals surface area (Å²) < 4.78 is 16.0. The van der Waals surface area contributed by atoms with E-state index in [1.54, 1.807) is 6.07 Å². The number of aryl methyl sites for hydroxylation is 1. The number of hydrogen-bond acceptors (Lipinski definition) is 3. The Bertz CT molecular complexity index is 699. The van der Waals surface area contributed by atoms with Crippen LogP contribution in [0.1, 0.15) is 25.6 Å². The zero-order chi connectivity index (χ0) is 15.3. The molecule has 0 bridgehead atoms. The minimum absolute atomic E-state index is 0.141. The van der Waals surface area contributed by atoms with E-state index in [0.29, 0.717) is 17.4 Å². The van der Waals surface area contributed by atoms with Crippen molar-refractivity contribution < 1.29 is 9.50 Å². The van der Waals surface area contributed by atoms with Gasteiger partial charge in [0.25, 0.3) is 0 Å². The lowest BCUT2D eigenvalue weighted by Gasteiger charge is -2.18. The SMILES string of the molecule is CCn1c(CN2C[C@@H]3CC[C@H](O)[C@@H]3C2)nc2c(F)cccc21. The van der Waals surface area contributed by atoms with Crippen LogP contribution >= 0.6 is 0 Å². The van der Waals surface area contributed by atoms with E-state index in [4.69, 9.17) is 0 Å². The monoisotopic (exact) mass is 303 g/mol. The van der Waals surface area contributed by atoms with E-state index in [1.165, 1.54) is 6.07 Å². The second-order valence-corrected chi connectivity index (χ2v) is 6.64. The van der Waals surface area contributed by atoms with E-state index in [1.807, 2.05) is 6.07 Å². The number of rotatable bonds is 3. The third-order valence-electron chi connectivity index (χ3n) is 5.38.